The Hall–Kier alpha value is -2.75. The van der Waals surface area contributed by atoms with E-state index in [9.17, 15) is 13.2 Å². The molecule has 1 heterocycles. The van der Waals surface area contributed by atoms with E-state index in [1.54, 1.807) is 35.6 Å². The molecule has 3 aromatic rings. The van der Waals surface area contributed by atoms with E-state index in [0.29, 0.717) is 16.9 Å². The summed E-state index contributed by atoms with van der Waals surface area (Å²) in [7, 11) is -1.40. The molecule has 3 rings (SSSR count). The van der Waals surface area contributed by atoms with Crippen LogP contribution in [-0.4, -0.2) is 37.5 Å². The predicted molar refractivity (Wildman–Crippen MR) is 121 cm³/mol. The van der Waals surface area contributed by atoms with E-state index in [1.165, 1.54) is 0 Å². The molecule has 1 aromatic heterocycles. The standard InChI is InChI=1S/C21H24N4O3S2/c1-25(13-19-14-29-15-22-19)12-16-6-5-8-18(10-16)23-21(26)11-17-7-3-4-9-20(17)24-30(2,27)28/h3-10,14-15,24H,11-13H2,1-2H3,(H,23,26). The van der Waals surface area contributed by atoms with Crippen molar-refractivity contribution >= 4 is 38.6 Å². The van der Waals surface area contributed by atoms with Crippen LogP contribution in [0.3, 0.4) is 0 Å². The first kappa shape index (κ1) is 21.9. The smallest absolute Gasteiger partial charge is 0.229 e. The molecule has 0 aliphatic rings. The average molecular weight is 445 g/mol. The van der Waals surface area contributed by atoms with E-state index in [-0.39, 0.29) is 12.3 Å². The van der Waals surface area contributed by atoms with Crippen molar-refractivity contribution in [3.8, 4) is 0 Å². The van der Waals surface area contributed by atoms with Gasteiger partial charge in [0.05, 0.1) is 29.6 Å². The van der Waals surface area contributed by atoms with Gasteiger partial charge < -0.3 is 5.32 Å². The van der Waals surface area contributed by atoms with Crippen LogP contribution in [0, 0.1) is 0 Å². The van der Waals surface area contributed by atoms with Gasteiger partial charge in [-0.3, -0.25) is 14.4 Å². The van der Waals surface area contributed by atoms with Gasteiger partial charge in [-0.15, -0.1) is 11.3 Å². The van der Waals surface area contributed by atoms with Crippen molar-refractivity contribution in [1.82, 2.24) is 9.88 Å². The third kappa shape index (κ3) is 6.94. The van der Waals surface area contributed by atoms with Gasteiger partial charge in [-0.05, 0) is 36.4 Å². The molecule has 0 aliphatic carbocycles. The maximum Gasteiger partial charge on any atom is 0.229 e. The SMILES string of the molecule is CN(Cc1cccc(NC(=O)Cc2ccccc2NS(C)(=O)=O)c1)Cc1cscn1. The first-order chi connectivity index (χ1) is 14.3. The van der Waals surface area contributed by atoms with Crippen molar-refractivity contribution in [3.05, 3.63) is 76.2 Å². The number of hydrogen-bond donors (Lipinski definition) is 2. The van der Waals surface area contributed by atoms with Crippen molar-refractivity contribution in [2.24, 2.45) is 0 Å². The molecule has 2 N–H and O–H groups in total. The van der Waals surface area contributed by atoms with Crippen LogP contribution >= 0.6 is 11.3 Å². The summed E-state index contributed by atoms with van der Waals surface area (Å²) in [6.45, 7) is 1.48. The van der Waals surface area contributed by atoms with E-state index >= 15 is 0 Å². The summed E-state index contributed by atoms with van der Waals surface area (Å²) in [5.74, 6) is -0.217. The molecule has 0 spiro atoms. The number of anilines is 2. The summed E-state index contributed by atoms with van der Waals surface area (Å²) in [6, 6.07) is 14.6. The molecule has 0 bridgehead atoms. The van der Waals surface area contributed by atoms with Gasteiger partial charge in [0.2, 0.25) is 15.9 Å². The first-order valence-corrected chi connectivity index (χ1v) is 12.1. The topological polar surface area (TPSA) is 91.4 Å². The van der Waals surface area contributed by atoms with E-state index in [0.717, 1.165) is 30.6 Å². The number of rotatable bonds is 9. The molecule has 2 aromatic carbocycles. The summed E-state index contributed by atoms with van der Waals surface area (Å²) >= 11 is 1.58. The second-order valence-corrected chi connectivity index (χ2v) is 9.58. The fraction of sp³-hybridized carbons (Fsp3) is 0.238. The molecule has 0 unspecified atom stereocenters. The molecule has 0 atom stereocenters. The Morgan fingerprint density at radius 3 is 2.67 bits per heavy atom. The first-order valence-electron chi connectivity index (χ1n) is 9.28. The minimum absolute atomic E-state index is 0.0622. The van der Waals surface area contributed by atoms with Gasteiger partial charge in [0.25, 0.3) is 0 Å². The highest BCUT2D eigenvalue weighted by Crippen LogP contribution is 2.19. The minimum Gasteiger partial charge on any atom is -0.326 e. The van der Waals surface area contributed by atoms with Gasteiger partial charge in [0, 0.05) is 24.2 Å². The van der Waals surface area contributed by atoms with Gasteiger partial charge >= 0.3 is 0 Å². The molecular weight excluding hydrogens is 420 g/mol. The summed E-state index contributed by atoms with van der Waals surface area (Å²) < 4.78 is 25.5. The third-order valence-corrected chi connectivity index (χ3v) is 5.47. The van der Waals surface area contributed by atoms with Crippen molar-refractivity contribution in [3.63, 3.8) is 0 Å². The highest BCUT2D eigenvalue weighted by molar-refractivity contribution is 7.92. The molecule has 158 valence electrons. The van der Waals surface area contributed by atoms with Crippen LogP contribution in [-0.2, 0) is 34.3 Å². The lowest BCUT2D eigenvalue weighted by Crippen LogP contribution is -2.18. The molecule has 1 amide bonds. The monoisotopic (exact) mass is 444 g/mol. The average Bonchev–Trinajstić information content (AvgIpc) is 3.15. The molecule has 9 heteroatoms. The summed E-state index contributed by atoms with van der Waals surface area (Å²) in [5.41, 5.74) is 5.65. The van der Waals surface area contributed by atoms with E-state index in [1.807, 2.05) is 42.2 Å². The molecule has 30 heavy (non-hydrogen) atoms. The number of carbonyl (C=O) groups is 1. The lowest BCUT2D eigenvalue weighted by Gasteiger charge is -2.16. The van der Waals surface area contributed by atoms with Gasteiger partial charge in [0.1, 0.15) is 0 Å². The number of nitrogens with zero attached hydrogens (tertiary/aromatic N) is 2. The number of thiazole rings is 1. The number of carbonyl (C=O) groups excluding carboxylic acids is 1. The maximum atomic E-state index is 12.5. The Balaban J connectivity index is 1.62. The van der Waals surface area contributed by atoms with Crippen LogP contribution < -0.4 is 10.0 Å². The number of nitrogens with one attached hydrogen (secondary N) is 2. The predicted octanol–water partition coefficient (Wildman–Crippen LogP) is 3.33. The van der Waals surface area contributed by atoms with Crippen LogP contribution in [0.25, 0.3) is 0 Å². The van der Waals surface area contributed by atoms with Crippen LogP contribution in [0.1, 0.15) is 16.8 Å². The normalized spacial score (nSPS) is 11.4. The number of amides is 1. The molecule has 7 nitrogen and oxygen atoms in total. The Morgan fingerprint density at radius 2 is 1.93 bits per heavy atom. The second-order valence-electron chi connectivity index (χ2n) is 7.11. The minimum atomic E-state index is -3.42. The number of hydrogen-bond acceptors (Lipinski definition) is 6. The van der Waals surface area contributed by atoms with Gasteiger partial charge in [-0.25, -0.2) is 13.4 Å². The lowest BCUT2D eigenvalue weighted by molar-refractivity contribution is -0.115. The van der Waals surface area contributed by atoms with Crippen LogP contribution in [0.2, 0.25) is 0 Å². The summed E-state index contributed by atoms with van der Waals surface area (Å²) in [6.07, 6.45) is 1.15. The Kier molecular flexibility index (Phi) is 7.20. The molecule has 0 aliphatic heterocycles. The summed E-state index contributed by atoms with van der Waals surface area (Å²) in [5, 5.41) is 4.93. The van der Waals surface area contributed by atoms with Crippen molar-refractivity contribution in [2.75, 3.05) is 23.3 Å². The molecule has 0 saturated heterocycles. The zero-order valence-corrected chi connectivity index (χ0v) is 18.5. The van der Waals surface area contributed by atoms with Crippen LogP contribution in [0.5, 0.6) is 0 Å². The molecular formula is C21H24N4O3S2. The van der Waals surface area contributed by atoms with Crippen molar-refractivity contribution in [2.45, 2.75) is 19.5 Å². The quantitative estimate of drug-likeness (QED) is 0.528. The van der Waals surface area contributed by atoms with E-state index < -0.39 is 10.0 Å². The highest BCUT2D eigenvalue weighted by atomic mass is 32.2. The Labute approximate surface area is 180 Å². The number of aromatic nitrogens is 1. The molecule has 0 fully saturated rings. The Bertz CT molecular complexity index is 1100. The fourth-order valence-corrected chi connectivity index (χ4v) is 4.21. The Morgan fingerprint density at radius 1 is 1.13 bits per heavy atom. The highest BCUT2D eigenvalue weighted by Gasteiger charge is 2.11. The third-order valence-electron chi connectivity index (χ3n) is 4.24. The van der Waals surface area contributed by atoms with E-state index in [4.69, 9.17) is 0 Å². The number of benzene rings is 2. The zero-order chi connectivity index (χ0) is 21.6. The van der Waals surface area contributed by atoms with Gasteiger partial charge in [-0.2, -0.15) is 0 Å². The van der Waals surface area contributed by atoms with Crippen LogP contribution in [0.4, 0.5) is 11.4 Å². The van der Waals surface area contributed by atoms with Crippen LogP contribution in [0.15, 0.2) is 59.4 Å². The number of sulfonamides is 1. The molecule has 0 radical (unpaired) electrons. The molecule has 0 saturated carbocycles. The lowest BCUT2D eigenvalue weighted by atomic mass is 10.1. The maximum absolute atomic E-state index is 12.5. The van der Waals surface area contributed by atoms with Gasteiger partial charge in [0.15, 0.2) is 0 Å². The summed E-state index contributed by atoms with van der Waals surface area (Å²) in [4.78, 5) is 19.0. The number of para-hydroxylation sites is 1. The largest absolute Gasteiger partial charge is 0.326 e. The van der Waals surface area contributed by atoms with E-state index in [2.05, 4.69) is 19.9 Å². The zero-order valence-electron chi connectivity index (χ0n) is 16.8. The second kappa shape index (κ2) is 9.84. The van der Waals surface area contributed by atoms with Crippen molar-refractivity contribution < 1.29 is 13.2 Å². The van der Waals surface area contributed by atoms with Crippen molar-refractivity contribution in [1.29, 1.82) is 0 Å². The van der Waals surface area contributed by atoms with Gasteiger partial charge in [-0.1, -0.05) is 30.3 Å². The fourth-order valence-electron chi connectivity index (χ4n) is 3.06.